The molecule has 1 aromatic rings. The number of aryl methyl sites for hydroxylation is 1. The molecule has 2 aliphatic rings. The summed E-state index contributed by atoms with van der Waals surface area (Å²) in [5.74, 6) is 0. The van der Waals surface area contributed by atoms with Gasteiger partial charge in [0, 0.05) is 12.1 Å². The smallest absolute Gasteiger partial charge is 0.378 e. The molecule has 0 aromatic heterocycles. The third-order valence-electron chi connectivity index (χ3n) is 3.84. The number of hydrogen-bond acceptors (Lipinski definition) is 2. The van der Waals surface area contributed by atoms with Gasteiger partial charge in [0.05, 0.1) is 18.8 Å². The Hall–Kier alpha value is -1.33. The quantitative estimate of drug-likeness (QED) is 0.855. The maximum atomic E-state index is 12.8. The van der Waals surface area contributed by atoms with Crippen molar-refractivity contribution < 1.29 is 17.9 Å². The summed E-state index contributed by atoms with van der Waals surface area (Å²) >= 11 is 0. The number of fused-ring (bicyclic) bond motifs is 2. The Morgan fingerprint density at radius 1 is 1.25 bits per heavy atom. The van der Waals surface area contributed by atoms with Gasteiger partial charge < -0.3 is 10.1 Å². The van der Waals surface area contributed by atoms with Crippen molar-refractivity contribution in [2.24, 2.45) is 0 Å². The molecule has 2 heterocycles. The Bertz CT molecular complexity index is 551. The molecular weight excluding hydrogens is 267 g/mol. The average molecular weight is 283 g/mol. The number of nitrogens with one attached hydrogen (secondary N) is 1. The Labute approximate surface area is 115 Å². The third-order valence-corrected chi connectivity index (χ3v) is 3.84. The molecule has 2 unspecified atom stereocenters. The fraction of sp³-hybridized carbons (Fsp3) is 0.467. The van der Waals surface area contributed by atoms with Gasteiger partial charge in [-0.25, -0.2) is 0 Å². The average Bonchev–Trinajstić information content (AvgIpc) is 2.36. The number of alkyl halides is 3. The molecule has 5 heteroatoms. The molecule has 1 saturated heterocycles. The van der Waals surface area contributed by atoms with E-state index in [1.807, 2.05) is 0 Å². The number of benzene rings is 1. The highest BCUT2D eigenvalue weighted by molar-refractivity contribution is 5.68. The van der Waals surface area contributed by atoms with Crippen LogP contribution >= 0.6 is 0 Å². The molecular formula is C15H16F3NO. The zero-order chi connectivity index (χ0) is 14.3. The second-order valence-electron chi connectivity index (χ2n) is 5.43. The first-order chi connectivity index (χ1) is 9.43. The van der Waals surface area contributed by atoms with Gasteiger partial charge in [-0.3, -0.25) is 0 Å². The summed E-state index contributed by atoms with van der Waals surface area (Å²) < 4.78 is 43.8. The predicted molar refractivity (Wildman–Crippen MR) is 70.3 cm³/mol. The molecule has 0 radical (unpaired) electrons. The zero-order valence-electron chi connectivity index (χ0n) is 11.1. The lowest BCUT2D eigenvalue weighted by Crippen LogP contribution is -2.50. The number of hydrogen-bond donors (Lipinski definition) is 1. The van der Waals surface area contributed by atoms with Gasteiger partial charge in [0.1, 0.15) is 0 Å². The van der Waals surface area contributed by atoms with Crippen molar-refractivity contribution in [2.45, 2.75) is 31.6 Å². The summed E-state index contributed by atoms with van der Waals surface area (Å²) in [5.41, 5.74) is 1.71. The van der Waals surface area contributed by atoms with Crippen molar-refractivity contribution in [2.75, 3.05) is 13.2 Å². The van der Waals surface area contributed by atoms with Crippen LogP contribution in [0.25, 0.3) is 5.57 Å². The molecule has 0 spiro atoms. The molecule has 0 saturated carbocycles. The maximum Gasteiger partial charge on any atom is 0.416 e. The summed E-state index contributed by atoms with van der Waals surface area (Å²) in [6, 6.07) is 4.82. The van der Waals surface area contributed by atoms with E-state index in [0.717, 1.165) is 17.6 Å². The highest BCUT2D eigenvalue weighted by atomic mass is 19.4. The molecule has 2 atom stereocenters. The third kappa shape index (κ3) is 2.60. The van der Waals surface area contributed by atoms with E-state index in [9.17, 15) is 13.2 Å². The van der Waals surface area contributed by atoms with Gasteiger partial charge in [-0.2, -0.15) is 13.2 Å². The molecule has 0 amide bonds. The minimum atomic E-state index is -4.28. The molecule has 1 N–H and O–H groups in total. The van der Waals surface area contributed by atoms with Crippen molar-refractivity contribution in [3.63, 3.8) is 0 Å². The molecule has 2 bridgehead atoms. The summed E-state index contributed by atoms with van der Waals surface area (Å²) in [6.07, 6.45) is -1.42. The number of morpholine rings is 1. The van der Waals surface area contributed by atoms with E-state index in [0.29, 0.717) is 13.2 Å². The van der Waals surface area contributed by atoms with Crippen LogP contribution in [0.15, 0.2) is 24.3 Å². The molecule has 0 aliphatic carbocycles. The summed E-state index contributed by atoms with van der Waals surface area (Å²) in [5, 5.41) is 3.42. The lowest BCUT2D eigenvalue weighted by molar-refractivity contribution is -0.138. The summed E-state index contributed by atoms with van der Waals surface area (Å²) in [7, 11) is 0. The normalized spacial score (nSPS) is 26.3. The summed E-state index contributed by atoms with van der Waals surface area (Å²) in [6.45, 7) is 2.80. The van der Waals surface area contributed by atoms with Crippen LogP contribution in [0.2, 0.25) is 0 Å². The van der Waals surface area contributed by atoms with E-state index in [2.05, 4.69) is 11.4 Å². The van der Waals surface area contributed by atoms with Crippen LogP contribution in [-0.2, 0) is 10.9 Å². The van der Waals surface area contributed by atoms with Crippen molar-refractivity contribution in [3.8, 4) is 0 Å². The SMILES string of the molecule is Cc1cc(C2=CC3COCC(C2)N3)ccc1C(F)(F)F. The summed E-state index contributed by atoms with van der Waals surface area (Å²) in [4.78, 5) is 0. The molecule has 3 rings (SSSR count). The largest absolute Gasteiger partial charge is 0.416 e. The van der Waals surface area contributed by atoms with Crippen LogP contribution in [0.5, 0.6) is 0 Å². The van der Waals surface area contributed by atoms with Crippen LogP contribution in [0.4, 0.5) is 13.2 Å². The highest BCUT2D eigenvalue weighted by Crippen LogP contribution is 2.34. The standard InChI is InChI=1S/C15H16F3NO/c1-9-4-10(2-3-14(9)15(16,17)18)11-5-12-7-20-8-13(6-11)19-12/h2-5,12-13,19H,6-8H2,1H3. The van der Waals surface area contributed by atoms with Gasteiger partial charge in [-0.05, 0) is 36.1 Å². The van der Waals surface area contributed by atoms with Gasteiger partial charge >= 0.3 is 6.18 Å². The van der Waals surface area contributed by atoms with Crippen molar-refractivity contribution in [1.29, 1.82) is 0 Å². The highest BCUT2D eigenvalue weighted by Gasteiger charge is 2.33. The Kier molecular flexibility index (Phi) is 3.34. The molecule has 1 fully saturated rings. The minimum Gasteiger partial charge on any atom is -0.378 e. The molecule has 20 heavy (non-hydrogen) atoms. The van der Waals surface area contributed by atoms with E-state index in [4.69, 9.17) is 4.74 Å². The van der Waals surface area contributed by atoms with Gasteiger partial charge in [0.2, 0.25) is 0 Å². The molecule has 2 aliphatic heterocycles. The number of ether oxygens (including phenoxy) is 1. The zero-order valence-corrected chi connectivity index (χ0v) is 11.1. The van der Waals surface area contributed by atoms with Crippen LogP contribution in [0.1, 0.15) is 23.1 Å². The lowest BCUT2D eigenvalue weighted by Gasteiger charge is -2.35. The van der Waals surface area contributed by atoms with Crippen molar-refractivity contribution in [3.05, 3.63) is 41.0 Å². The first kappa shape index (κ1) is 13.6. The second-order valence-corrected chi connectivity index (χ2v) is 5.43. The van der Waals surface area contributed by atoms with Crippen molar-refractivity contribution in [1.82, 2.24) is 5.32 Å². The van der Waals surface area contributed by atoms with Crippen LogP contribution in [0.3, 0.4) is 0 Å². The van der Waals surface area contributed by atoms with Crippen LogP contribution in [-0.4, -0.2) is 25.3 Å². The van der Waals surface area contributed by atoms with E-state index in [1.165, 1.54) is 13.0 Å². The van der Waals surface area contributed by atoms with Gasteiger partial charge in [-0.15, -0.1) is 0 Å². The minimum absolute atomic E-state index is 0.167. The van der Waals surface area contributed by atoms with E-state index in [1.54, 1.807) is 12.1 Å². The van der Waals surface area contributed by atoms with Crippen LogP contribution < -0.4 is 5.32 Å². The number of halogens is 3. The first-order valence-corrected chi connectivity index (χ1v) is 6.66. The van der Waals surface area contributed by atoms with E-state index >= 15 is 0 Å². The fourth-order valence-electron chi connectivity index (χ4n) is 2.92. The van der Waals surface area contributed by atoms with E-state index < -0.39 is 11.7 Å². The monoisotopic (exact) mass is 283 g/mol. The first-order valence-electron chi connectivity index (χ1n) is 6.66. The van der Waals surface area contributed by atoms with Gasteiger partial charge in [0.25, 0.3) is 0 Å². The predicted octanol–water partition coefficient (Wildman–Crippen LogP) is 3.16. The lowest BCUT2D eigenvalue weighted by atomic mass is 9.90. The Morgan fingerprint density at radius 2 is 2.05 bits per heavy atom. The Balaban J connectivity index is 1.92. The maximum absolute atomic E-state index is 12.8. The molecule has 2 nitrogen and oxygen atoms in total. The van der Waals surface area contributed by atoms with Crippen LogP contribution in [0, 0.1) is 6.92 Å². The van der Waals surface area contributed by atoms with Gasteiger partial charge in [0.15, 0.2) is 0 Å². The number of rotatable bonds is 1. The van der Waals surface area contributed by atoms with Crippen molar-refractivity contribution >= 4 is 5.57 Å². The molecule has 108 valence electrons. The molecule has 1 aromatic carbocycles. The second kappa shape index (κ2) is 4.90. The van der Waals surface area contributed by atoms with E-state index in [-0.39, 0.29) is 17.6 Å². The van der Waals surface area contributed by atoms with Gasteiger partial charge in [-0.1, -0.05) is 18.2 Å². The topological polar surface area (TPSA) is 21.3 Å². The fourth-order valence-corrected chi connectivity index (χ4v) is 2.92. The Morgan fingerprint density at radius 3 is 2.70 bits per heavy atom.